The van der Waals surface area contributed by atoms with Gasteiger partial charge in [0.25, 0.3) is 5.91 Å². The lowest BCUT2D eigenvalue weighted by molar-refractivity contribution is -0.118. The van der Waals surface area contributed by atoms with E-state index in [1.54, 1.807) is 36.7 Å². The summed E-state index contributed by atoms with van der Waals surface area (Å²) in [4.78, 5) is 18.2. The minimum Gasteiger partial charge on any atom is -0.494 e. The first-order valence-corrected chi connectivity index (χ1v) is 5.93. The van der Waals surface area contributed by atoms with E-state index in [2.05, 4.69) is 15.3 Å². The quantitative estimate of drug-likeness (QED) is 0.831. The summed E-state index contributed by atoms with van der Waals surface area (Å²) in [6.45, 7) is 2.46. The zero-order valence-corrected chi connectivity index (χ0v) is 10.6. The molecule has 6 nitrogen and oxygen atoms in total. The molecule has 0 saturated carbocycles. The van der Waals surface area contributed by atoms with Gasteiger partial charge < -0.3 is 14.5 Å². The molecule has 1 aromatic carbocycles. The second-order valence-electron chi connectivity index (χ2n) is 3.68. The Morgan fingerprint density at radius 1 is 1.26 bits per heavy atom. The van der Waals surface area contributed by atoms with Crippen LogP contribution in [-0.4, -0.2) is 29.1 Å². The van der Waals surface area contributed by atoms with Crippen molar-refractivity contribution in [2.75, 3.05) is 18.5 Å². The van der Waals surface area contributed by atoms with Gasteiger partial charge in [0.05, 0.1) is 6.61 Å². The van der Waals surface area contributed by atoms with Crippen molar-refractivity contribution in [3.05, 3.63) is 36.7 Å². The van der Waals surface area contributed by atoms with Crippen LogP contribution >= 0.6 is 0 Å². The molecular formula is C13H15N3O3. The van der Waals surface area contributed by atoms with Crippen molar-refractivity contribution in [3.8, 4) is 11.5 Å². The number of anilines is 1. The number of amides is 1. The molecule has 19 heavy (non-hydrogen) atoms. The lowest BCUT2D eigenvalue weighted by atomic mass is 10.3. The minimum absolute atomic E-state index is 0.0747. The number of aromatic nitrogens is 2. The van der Waals surface area contributed by atoms with E-state index in [-0.39, 0.29) is 12.5 Å². The molecule has 0 aliphatic rings. The molecule has 0 saturated heterocycles. The second-order valence-corrected chi connectivity index (χ2v) is 3.68. The maximum atomic E-state index is 11.5. The predicted molar refractivity (Wildman–Crippen MR) is 70.3 cm³/mol. The summed E-state index contributed by atoms with van der Waals surface area (Å²) >= 11 is 0. The number of hydrogen-bond acceptors (Lipinski definition) is 4. The van der Waals surface area contributed by atoms with E-state index in [9.17, 15) is 4.79 Å². The molecule has 0 aliphatic carbocycles. The highest BCUT2D eigenvalue weighted by Gasteiger charge is 2.04. The summed E-state index contributed by atoms with van der Waals surface area (Å²) in [6.07, 6.45) is 3.19. The number of imidazole rings is 1. The maximum absolute atomic E-state index is 11.5. The number of carbonyl (C=O) groups excluding carboxylic acids is 1. The molecule has 0 aliphatic heterocycles. The lowest BCUT2D eigenvalue weighted by Gasteiger charge is -2.07. The minimum atomic E-state index is -0.274. The van der Waals surface area contributed by atoms with E-state index in [0.717, 1.165) is 5.75 Å². The number of rotatable bonds is 6. The SMILES string of the molecule is CCOc1ccc(OCC(=O)Nc2ncc[nH]2)cc1. The number of nitrogens with one attached hydrogen (secondary N) is 2. The number of benzene rings is 1. The molecule has 2 rings (SSSR count). The highest BCUT2D eigenvalue weighted by Crippen LogP contribution is 2.17. The first-order valence-electron chi connectivity index (χ1n) is 5.93. The van der Waals surface area contributed by atoms with Crippen LogP contribution in [0.5, 0.6) is 11.5 Å². The van der Waals surface area contributed by atoms with Crippen molar-refractivity contribution in [3.63, 3.8) is 0 Å². The third-order valence-corrected chi connectivity index (χ3v) is 2.26. The number of H-pyrrole nitrogens is 1. The Morgan fingerprint density at radius 3 is 2.53 bits per heavy atom. The van der Waals surface area contributed by atoms with Gasteiger partial charge in [-0.2, -0.15) is 0 Å². The molecule has 0 bridgehead atoms. The van der Waals surface area contributed by atoms with Gasteiger partial charge in [0, 0.05) is 12.4 Å². The van der Waals surface area contributed by atoms with E-state index in [0.29, 0.717) is 18.3 Å². The van der Waals surface area contributed by atoms with Crippen LogP contribution in [0.15, 0.2) is 36.7 Å². The lowest BCUT2D eigenvalue weighted by Crippen LogP contribution is -2.20. The molecule has 0 spiro atoms. The maximum Gasteiger partial charge on any atom is 0.264 e. The van der Waals surface area contributed by atoms with Gasteiger partial charge in [0.1, 0.15) is 11.5 Å². The highest BCUT2D eigenvalue weighted by molar-refractivity contribution is 5.90. The van der Waals surface area contributed by atoms with Crippen LogP contribution in [0.1, 0.15) is 6.92 Å². The van der Waals surface area contributed by atoms with Crippen LogP contribution in [0.4, 0.5) is 5.95 Å². The van der Waals surface area contributed by atoms with E-state index >= 15 is 0 Å². The Hall–Kier alpha value is -2.50. The van der Waals surface area contributed by atoms with Crippen molar-refractivity contribution in [2.24, 2.45) is 0 Å². The summed E-state index contributed by atoms with van der Waals surface area (Å²) in [7, 11) is 0. The third-order valence-electron chi connectivity index (χ3n) is 2.26. The van der Waals surface area contributed by atoms with Crippen molar-refractivity contribution in [1.29, 1.82) is 0 Å². The molecule has 0 atom stereocenters. The average Bonchev–Trinajstić information content (AvgIpc) is 2.91. The van der Waals surface area contributed by atoms with Crippen molar-refractivity contribution < 1.29 is 14.3 Å². The van der Waals surface area contributed by atoms with E-state index in [1.165, 1.54) is 0 Å². The normalized spacial score (nSPS) is 9.95. The predicted octanol–water partition coefficient (Wildman–Crippen LogP) is 1.83. The molecule has 100 valence electrons. The van der Waals surface area contributed by atoms with Gasteiger partial charge >= 0.3 is 0 Å². The summed E-state index contributed by atoms with van der Waals surface area (Å²) in [5, 5.41) is 2.57. The fraction of sp³-hybridized carbons (Fsp3) is 0.231. The Labute approximate surface area is 110 Å². The highest BCUT2D eigenvalue weighted by atomic mass is 16.5. The Bertz CT molecular complexity index is 508. The molecular weight excluding hydrogens is 246 g/mol. The van der Waals surface area contributed by atoms with Gasteiger partial charge in [-0.3, -0.25) is 10.1 Å². The van der Waals surface area contributed by atoms with Gasteiger partial charge in [-0.25, -0.2) is 4.98 Å². The van der Waals surface area contributed by atoms with Crippen LogP contribution in [0.2, 0.25) is 0 Å². The number of aromatic amines is 1. The second kappa shape index (κ2) is 6.44. The average molecular weight is 261 g/mol. The standard InChI is InChI=1S/C13H15N3O3/c1-2-18-10-3-5-11(6-4-10)19-9-12(17)16-13-14-7-8-15-13/h3-8H,2,9H2,1H3,(H2,14,15,16,17). The zero-order valence-electron chi connectivity index (χ0n) is 10.6. The largest absolute Gasteiger partial charge is 0.494 e. The first-order chi connectivity index (χ1) is 9.28. The molecule has 0 radical (unpaired) electrons. The molecule has 1 amide bonds. The zero-order chi connectivity index (χ0) is 13.5. The van der Waals surface area contributed by atoms with Crippen molar-refractivity contribution in [2.45, 2.75) is 6.92 Å². The van der Waals surface area contributed by atoms with Gasteiger partial charge in [-0.1, -0.05) is 0 Å². The van der Waals surface area contributed by atoms with Crippen LogP contribution < -0.4 is 14.8 Å². The monoisotopic (exact) mass is 261 g/mol. The van der Waals surface area contributed by atoms with Gasteiger partial charge in [-0.15, -0.1) is 0 Å². The fourth-order valence-corrected chi connectivity index (χ4v) is 1.45. The van der Waals surface area contributed by atoms with E-state index < -0.39 is 0 Å². The smallest absolute Gasteiger partial charge is 0.264 e. The Morgan fingerprint density at radius 2 is 1.95 bits per heavy atom. The molecule has 0 unspecified atom stereocenters. The number of ether oxygens (including phenoxy) is 2. The summed E-state index contributed by atoms with van der Waals surface area (Å²) in [5.74, 6) is 1.51. The van der Waals surface area contributed by atoms with Crippen LogP contribution in [0.25, 0.3) is 0 Å². The summed E-state index contributed by atoms with van der Waals surface area (Å²) in [5.41, 5.74) is 0. The molecule has 1 heterocycles. The molecule has 2 N–H and O–H groups in total. The number of carbonyl (C=O) groups is 1. The Kier molecular flexibility index (Phi) is 4.39. The number of hydrogen-bond donors (Lipinski definition) is 2. The third kappa shape index (κ3) is 4.02. The van der Waals surface area contributed by atoms with Gasteiger partial charge in [-0.05, 0) is 31.2 Å². The van der Waals surface area contributed by atoms with Crippen molar-refractivity contribution in [1.82, 2.24) is 9.97 Å². The van der Waals surface area contributed by atoms with Gasteiger partial charge in [0.15, 0.2) is 6.61 Å². The number of nitrogens with zero attached hydrogens (tertiary/aromatic N) is 1. The van der Waals surface area contributed by atoms with E-state index in [1.807, 2.05) is 6.92 Å². The fourth-order valence-electron chi connectivity index (χ4n) is 1.45. The van der Waals surface area contributed by atoms with Crippen LogP contribution in [-0.2, 0) is 4.79 Å². The Balaban J connectivity index is 1.79. The molecule has 2 aromatic rings. The van der Waals surface area contributed by atoms with Crippen LogP contribution in [0, 0.1) is 0 Å². The molecule has 0 fully saturated rings. The van der Waals surface area contributed by atoms with Gasteiger partial charge in [0.2, 0.25) is 5.95 Å². The summed E-state index contributed by atoms with van der Waals surface area (Å²) < 4.78 is 10.6. The molecule has 1 aromatic heterocycles. The summed E-state index contributed by atoms with van der Waals surface area (Å²) in [6, 6.07) is 7.10. The van der Waals surface area contributed by atoms with Crippen molar-refractivity contribution >= 4 is 11.9 Å². The first kappa shape index (κ1) is 12.9. The molecule has 6 heteroatoms. The van der Waals surface area contributed by atoms with E-state index in [4.69, 9.17) is 9.47 Å². The van der Waals surface area contributed by atoms with Crippen LogP contribution in [0.3, 0.4) is 0 Å². The topological polar surface area (TPSA) is 76.2 Å².